The van der Waals surface area contributed by atoms with Crippen molar-refractivity contribution >= 4 is 34.5 Å². The van der Waals surface area contributed by atoms with Crippen molar-refractivity contribution in [1.29, 1.82) is 0 Å². The number of halogens is 2. The third-order valence-electron chi connectivity index (χ3n) is 6.59. The molecule has 1 amide bonds. The van der Waals surface area contributed by atoms with Crippen molar-refractivity contribution in [3.05, 3.63) is 75.7 Å². The molecule has 2 aromatic carbocycles. The largest absolute Gasteiger partial charge is 1.00 e. The summed E-state index contributed by atoms with van der Waals surface area (Å²) in [6, 6.07) is 13.1. The van der Waals surface area contributed by atoms with E-state index in [-0.39, 0.29) is 22.9 Å². The lowest BCUT2D eigenvalue weighted by Crippen LogP contribution is -3.00. The van der Waals surface area contributed by atoms with Gasteiger partial charge in [0, 0.05) is 22.9 Å². The number of amides is 1. The van der Waals surface area contributed by atoms with E-state index in [1.54, 1.807) is 17.4 Å². The summed E-state index contributed by atoms with van der Waals surface area (Å²) in [5.41, 5.74) is 4.35. The first-order valence-electron chi connectivity index (χ1n) is 13.9. The molecule has 1 heterocycles. The monoisotopic (exact) mass is 620 g/mol. The molecule has 7 heteroatoms. The van der Waals surface area contributed by atoms with Gasteiger partial charge in [-0.3, -0.25) is 4.79 Å². The van der Waals surface area contributed by atoms with Crippen molar-refractivity contribution in [2.75, 3.05) is 11.9 Å². The van der Waals surface area contributed by atoms with Gasteiger partial charge in [-0.2, -0.15) is 4.57 Å². The standard InChI is InChI=1S/C31H41ClN2O2S.BrH/c1-2-3-4-5-6-7-8-9-10-11-12-15-21-36-30-23-27(18-19-29(30)32)33-31(35)28-17-14-13-16-26(28)24-34-20-22-37-25-34;/h13-14,16-20,22-23,25H,2-12,15,21,24H2,1H3;1H. The second kappa shape index (κ2) is 19.2. The number of carbonyl (C=O) groups is 1. The Bertz CT molecular complexity index is 1060. The number of anilines is 1. The molecule has 1 N–H and O–H groups in total. The predicted molar refractivity (Wildman–Crippen MR) is 156 cm³/mol. The quantitative estimate of drug-likeness (QED) is 0.138. The van der Waals surface area contributed by atoms with Crippen molar-refractivity contribution in [3.63, 3.8) is 0 Å². The van der Waals surface area contributed by atoms with Gasteiger partial charge in [0.15, 0.2) is 12.7 Å². The average Bonchev–Trinajstić information content (AvgIpc) is 3.42. The molecule has 0 unspecified atom stereocenters. The Morgan fingerprint density at radius 1 is 0.921 bits per heavy atom. The van der Waals surface area contributed by atoms with E-state index >= 15 is 0 Å². The second-order valence-corrected chi connectivity index (χ2v) is 10.9. The van der Waals surface area contributed by atoms with Crippen LogP contribution in [0, 0.1) is 0 Å². The van der Waals surface area contributed by atoms with Crippen LogP contribution in [0.3, 0.4) is 0 Å². The molecule has 0 saturated heterocycles. The number of rotatable bonds is 18. The van der Waals surface area contributed by atoms with E-state index in [1.807, 2.05) is 53.5 Å². The van der Waals surface area contributed by atoms with E-state index in [1.165, 1.54) is 70.6 Å². The fraction of sp³-hybridized carbons (Fsp3) is 0.484. The molecule has 0 fully saturated rings. The van der Waals surface area contributed by atoms with E-state index in [9.17, 15) is 4.79 Å². The summed E-state index contributed by atoms with van der Waals surface area (Å²) in [6.07, 6.45) is 17.8. The normalized spacial score (nSPS) is 10.7. The summed E-state index contributed by atoms with van der Waals surface area (Å²) in [5, 5.41) is 5.60. The van der Waals surface area contributed by atoms with Crippen LogP contribution in [0.1, 0.15) is 99.9 Å². The highest BCUT2D eigenvalue weighted by molar-refractivity contribution is 7.07. The van der Waals surface area contributed by atoms with Crippen LogP contribution in [0.2, 0.25) is 5.02 Å². The maximum absolute atomic E-state index is 13.1. The highest BCUT2D eigenvalue weighted by Crippen LogP contribution is 2.28. The molecule has 1 aromatic heterocycles. The van der Waals surface area contributed by atoms with Crippen LogP contribution >= 0.6 is 22.9 Å². The summed E-state index contributed by atoms with van der Waals surface area (Å²) in [6.45, 7) is 3.56. The maximum atomic E-state index is 13.1. The summed E-state index contributed by atoms with van der Waals surface area (Å²) in [5.74, 6) is 0.477. The number of ether oxygens (including phenoxy) is 1. The Labute approximate surface area is 248 Å². The minimum atomic E-state index is -0.138. The Morgan fingerprint density at radius 2 is 1.58 bits per heavy atom. The molecule has 4 nitrogen and oxygen atoms in total. The molecule has 0 spiro atoms. The fourth-order valence-corrected chi connectivity index (χ4v) is 5.21. The van der Waals surface area contributed by atoms with Gasteiger partial charge in [0.2, 0.25) is 5.51 Å². The summed E-state index contributed by atoms with van der Waals surface area (Å²) in [4.78, 5) is 13.1. The summed E-state index contributed by atoms with van der Waals surface area (Å²) in [7, 11) is 0. The van der Waals surface area contributed by atoms with Crippen molar-refractivity contribution in [2.45, 2.75) is 90.5 Å². The Balaban J connectivity index is 0.00000507. The molecule has 0 aliphatic carbocycles. The number of benzene rings is 2. The maximum Gasteiger partial charge on any atom is 0.256 e. The molecule has 208 valence electrons. The number of nitrogens with zero attached hydrogens (tertiary/aromatic N) is 1. The summed E-state index contributed by atoms with van der Waals surface area (Å²) < 4.78 is 8.04. The van der Waals surface area contributed by atoms with E-state index in [0.717, 1.165) is 12.0 Å². The van der Waals surface area contributed by atoms with Crippen LogP contribution < -0.4 is 31.6 Å². The minimum absolute atomic E-state index is 0. The second-order valence-electron chi connectivity index (χ2n) is 9.69. The van der Waals surface area contributed by atoms with Crippen LogP contribution in [0.4, 0.5) is 5.69 Å². The van der Waals surface area contributed by atoms with Gasteiger partial charge >= 0.3 is 0 Å². The van der Waals surface area contributed by atoms with Crippen LogP contribution in [0.5, 0.6) is 5.75 Å². The fourth-order valence-electron chi connectivity index (χ4n) is 4.44. The first kappa shape index (κ1) is 32.3. The van der Waals surface area contributed by atoms with Gasteiger partial charge in [-0.1, -0.05) is 119 Å². The number of hydrogen-bond acceptors (Lipinski definition) is 3. The highest BCUT2D eigenvalue weighted by atomic mass is 79.9. The summed E-state index contributed by atoms with van der Waals surface area (Å²) >= 11 is 8.00. The van der Waals surface area contributed by atoms with Gasteiger partial charge in [0.1, 0.15) is 5.75 Å². The van der Waals surface area contributed by atoms with E-state index in [2.05, 4.69) is 16.8 Å². The zero-order valence-corrected chi connectivity index (χ0v) is 25.8. The van der Waals surface area contributed by atoms with E-state index in [0.29, 0.717) is 35.2 Å². The first-order chi connectivity index (χ1) is 18.2. The van der Waals surface area contributed by atoms with Gasteiger partial charge in [-0.25, -0.2) is 0 Å². The van der Waals surface area contributed by atoms with Crippen molar-refractivity contribution < 1.29 is 31.1 Å². The zero-order valence-electron chi connectivity index (χ0n) is 22.6. The first-order valence-corrected chi connectivity index (χ1v) is 15.2. The Kier molecular flexibility index (Phi) is 16.3. The van der Waals surface area contributed by atoms with Gasteiger partial charge < -0.3 is 27.0 Å². The van der Waals surface area contributed by atoms with E-state index in [4.69, 9.17) is 16.3 Å². The van der Waals surface area contributed by atoms with Crippen molar-refractivity contribution in [2.24, 2.45) is 0 Å². The number of aromatic nitrogens is 1. The number of nitrogens with one attached hydrogen (secondary N) is 1. The third kappa shape index (κ3) is 11.9. The third-order valence-corrected chi connectivity index (χ3v) is 7.57. The molecule has 38 heavy (non-hydrogen) atoms. The number of hydrogen-bond donors (Lipinski definition) is 1. The smallest absolute Gasteiger partial charge is 0.256 e. The lowest BCUT2D eigenvalue weighted by atomic mass is 10.1. The van der Waals surface area contributed by atoms with E-state index < -0.39 is 0 Å². The SMILES string of the molecule is CCCCCCCCCCCCCCOc1cc(NC(=O)c2ccccc2C[n+]2ccsc2)ccc1Cl.[Br-]. The lowest BCUT2D eigenvalue weighted by Gasteiger charge is -2.12. The van der Waals surface area contributed by atoms with Crippen LogP contribution in [-0.2, 0) is 6.54 Å². The lowest BCUT2D eigenvalue weighted by molar-refractivity contribution is -0.683. The van der Waals surface area contributed by atoms with Gasteiger partial charge in [-0.05, 0) is 24.6 Å². The topological polar surface area (TPSA) is 42.2 Å². The van der Waals surface area contributed by atoms with Crippen LogP contribution in [0.25, 0.3) is 0 Å². The highest BCUT2D eigenvalue weighted by Gasteiger charge is 2.15. The Morgan fingerprint density at radius 3 is 2.24 bits per heavy atom. The van der Waals surface area contributed by atoms with Crippen molar-refractivity contribution in [1.82, 2.24) is 0 Å². The van der Waals surface area contributed by atoms with Crippen LogP contribution in [-0.4, -0.2) is 12.5 Å². The molecular weight excluding hydrogens is 580 g/mol. The molecule has 3 rings (SSSR count). The molecule has 0 atom stereocenters. The van der Waals surface area contributed by atoms with Gasteiger partial charge in [0.05, 0.1) is 17.0 Å². The van der Waals surface area contributed by atoms with Crippen molar-refractivity contribution in [3.8, 4) is 5.75 Å². The molecule has 0 aliphatic heterocycles. The molecule has 0 radical (unpaired) electrons. The Hall–Kier alpha value is -1.89. The average molecular weight is 622 g/mol. The number of unbranched alkanes of at least 4 members (excludes halogenated alkanes) is 11. The zero-order chi connectivity index (χ0) is 26.1. The van der Waals surface area contributed by atoms with Gasteiger partial charge in [-0.15, -0.1) is 0 Å². The minimum Gasteiger partial charge on any atom is -1.00 e. The molecule has 0 saturated carbocycles. The number of thiazole rings is 1. The molecule has 3 aromatic rings. The molecular formula is C31H42BrClN2O2S. The van der Waals surface area contributed by atoms with Crippen LogP contribution in [0.15, 0.2) is 59.6 Å². The molecule has 0 aliphatic rings. The van der Waals surface area contributed by atoms with Gasteiger partial charge in [0.25, 0.3) is 5.91 Å². The molecule has 0 bridgehead atoms. The number of carbonyl (C=O) groups excluding carboxylic acids is 1. The predicted octanol–water partition coefficient (Wildman–Crippen LogP) is 6.07.